The van der Waals surface area contributed by atoms with E-state index in [-0.39, 0.29) is 11.5 Å². The van der Waals surface area contributed by atoms with Gasteiger partial charge >= 0.3 is 0 Å². The third-order valence-electron chi connectivity index (χ3n) is 3.22. The first kappa shape index (κ1) is 17.0. The summed E-state index contributed by atoms with van der Waals surface area (Å²) in [6.45, 7) is 1.73. The summed E-state index contributed by atoms with van der Waals surface area (Å²) in [7, 11) is -3.56. The van der Waals surface area contributed by atoms with Crippen LogP contribution in [0.5, 0.6) is 5.75 Å². The average molecular weight is 331 g/mol. The van der Waals surface area contributed by atoms with Crippen molar-refractivity contribution in [3.63, 3.8) is 0 Å². The molecule has 2 aromatic carbocycles. The second kappa shape index (κ2) is 7.27. The lowest BCUT2D eigenvalue weighted by atomic mass is 10.2. The van der Waals surface area contributed by atoms with Gasteiger partial charge in [-0.3, -0.25) is 0 Å². The van der Waals surface area contributed by atoms with Crippen molar-refractivity contribution in [1.29, 1.82) is 5.26 Å². The Bertz CT molecular complexity index is 790. The molecule has 2 aromatic rings. The zero-order chi connectivity index (χ0) is 16.9. The summed E-state index contributed by atoms with van der Waals surface area (Å²) >= 11 is 0. The first-order chi connectivity index (χ1) is 10.9. The van der Waals surface area contributed by atoms with E-state index in [0.29, 0.717) is 11.3 Å². The van der Waals surface area contributed by atoms with Crippen molar-refractivity contribution in [1.82, 2.24) is 0 Å². The van der Waals surface area contributed by atoms with E-state index in [1.807, 2.05) is 13.0 Å². The number of benzene rings is 2. The molecule has 0 aliphatic heterocycles. The van der Waals surface area contributed by atoms with Crippen molar-refractivity contribution in [3.05, 3.63) is 59.7 Å². The molecule has 0 fully saturated rings. The van der Waals surface area contributed by atoms with Crippen LogP contribution in [0.15, 0.2) is 53.4 Å². The van der Waals surface area contributed by atoms with E-state index >= 15 is 0 Å². The molecule has 0 aliphatic carbocycles. The monoisotopic (exact) mass is 331 g/mol. The molecule has 0 saturated heterocycles. The third kappa shape index (κ3) is 4.81. The van der Waals surface area contributed by atoms with Crippen LogP contribution in [0.1, 0.15) is 11.1 Å². The Morgan fingerprint density at radius 1 is 1.13 bits per heavy atom. The van der Waals surface area contributed by atoms with E-state index in [4.69, 9.17) is 10.00 Å². The van der Waals surface area contributed by atoms with Crippen LogP contribution in [0.3, 0.4) is 0 Å². The fourth-order valence-corrected chi connectivity index (χ4v) is 3.31. The molecule has 2 rings (SSSR count). The fourth-order valence-electron chi connectivity index (χ4n) is 1.96. The summed E-state index contributed by atoms with van der Waals surface area (Å²) in [6.07, 6.45) is -1.14. The van der Waals surface area contributed by atoms with E-state index in [1.54, 1.807) is 36.4 Å². The Hall–Kier alpha value is -2.36. The molecule has 0 spiro atoms. The molecular weight excluding hydrogens is 314 g/mol. The molecule has 0 radical (unpaired) electrons. The van der Waals surface area contributed by atoms with Gasteiger partial charge in [-0.1, -0.05) is 17.7 Å². The van der Waals surface area contributed by atoms with Gasteiger partial charge in [-0.15, -0.1) is 0 Å². The van der Waals surface area contributed by atoms with Gasteiger partial charge in [0.2, 0.25) is 0 Å². The molecule has 0 heterocycles. The van der Waals surface area contributed by atoms with Gasteiger partial charge in [0, 0.05) is 0 Å². The maximum absolute atomic E-state index is 12.2. The Morgan fingerprint density at radius 2 is 1.74 bits per heavy atom. The van der Waals surface area contributed by atoms with Gasteiger partial charge in [0.05, 0.1) is 22.3 Å². The molecule has 0 bridgehead atoms. The number of hydrogen-bond donors (Lipinski definition) is 1. The zero-order valence-corrected chi connectivity index (χ0v) is 13.5. The fraction of sp³-hybridized carbons (Fsp3) is 0.235. The molecule has 0 aromatic heterocycles. The van der Waals surface area contributed by atoms with E-state index in [0.717, 1.165) is 5.56 Å². The zero-order valence-electron chi connectivity index (χ0n) is 12.6. The molecule has 5 nitrogen and oxygen atoms in total. The second-order valence-corrected chi connectivity index (χ2v) is 7.23. The maximum atomic E-state index is 12.2. The van der Waals surface area contributed by atoms with E-state index in [1.165, 1.54) is 12.1 Å². The molecular formula is C17H17NO4S. The first-order valence-corrected chi connectivity index (χ1v) is 8.66. The predicted octanol–water partition coefficient (Wildman–Crippen LogP) is 2.08. The van der Waals surface area contributed by atoms with Gasteiger partial charge in [0.25, 0.3) is 0 Å². The lowest BCUT2D eigenvalue weighted by molar-refractivity contribution is 0.125. The Balaban J connectivity index is 1.94. The number of hydrogen-bond acceptors (Lipinski definition) is 5. The highest BCUT2D eigenvalue weighted by Crippen LogP contribution is 2.15. The van der Waals surface area contributed by atoms with Crippen molar-refractivity contribution in [2.45, 2.75) is 17.9 Å². The minimum atomic E-state index is -3.56. The molecule has 23 heavy (non-hydrogen) atoms. The Kier molecular flexibility index (Phi) is 5.37. The van der Waals surface area contributed by atoms with Crippen molar-refractivity contribution in [2.75, 3.05) is 12.4 Å². The van der Waals surface area contributed by atoms with Crippen LogP contribution < -0.4 is 4.74 Å². The molecule has 0 aliphatic rings. The number of aryl methyl sites for hydroxylation is 1. The summed E-state index contributed by atoms with van der Waals surface area (Å²) in [5.41, 5.74) is 1.47. The molecule has 120 valence electrons. The first-order valence-electron chi connectivity index (χ1n) is 7.01. The lowest BCUT2D eigenvalue weighted by Crippen LogP contribution is -2.27. The SMILES string of the molecule is Cc1ccc(S(=O)(=O)C[C@H](O)COc2ccc(C#N)cc2)cc1. The van der Waals surface area contributed by atoms with Crippen LogP contribution in [-0.2, 0) is 9.84 Å². The van der Waals surface area contributed by atoms with Crippen LogP contribution in [0.2, 0.25) is 0 Å². The van der Waals surface area contributed by atoms with Gasteiger partial charge in [-0.05, 0) is 43.3 Å². The normalized spacial score (nSPS) is 12.4. The minimum absolute atomic E-state index is 0.142. The highest BCUT2D eigenvalue weighted by atomic mass is 32.2. The molecule has 1 N–H and O–H groups in total. The van der Waals surface area contributed by atoms with Crippen LogP contribution in [0.25, 0.3) is 0 Å². The largest absolute Gasteiger partial charge is 0.491 e. The van der Waals surface area contributed by atoms with E-state index < -0.39 is 21.7 Å². The second-order valence-electron chi connectivity index (χ2n) is 5.20. The van der Waals surface area contributed by atoms with Gasteiger partial charge in [0.15, 0.2) is 9.84 Å². The van der Waals surface area contributed by atoms with Crippen LogP contribution in [-0.4, -0.2) is 32.0 Å². The number of ether oxygens (including phenoxy) is 1. The van der Waals surface area contributed by atoms with Gasteiger partial charge in [-0.2, -0.15) is 5.26 Å². The molecule has 0 unspecified atom stereocenters. The van der Waals surface area contributed by atoms with Gasteiger partial charge in [-0.25, -0.2) is 8.42 Å². The van der Waals surface area contributed by atoms with E-state index in [9.17, 15) is 13.5 Å². The highest BCUT2D eigenvalue weighted by molar-refractivity contribution is 7.91. The van der Waals surface area contributed by atoms with Gasteiger partial charge < -0.3 is 9.84 Å². The standard InChI is InChI=1S/C17H17NO4S/c1-13-2-8-17(9-3-13)23(20,21)12-15(19)11-22-16-6-4-14(10-18)5-7-16/h2-9,15,19H,11-12H2,1H3/t15-/m1/s1. The number of nitriles is 1. The highest BCUT2D eigenvalue weighted by Gasteiger charge is 2.20. The number of rotatable bonds is 6. The minimum Gasteiger partial charge on any atom is -0.491 e. The summed E-state index contributed by atoms with van der Waals surface area (Å²) in [4.78, 5) is 0.181. The molecule has 0 saturated carbocycles. The number of nitrogens with zero attached hydrogens (tertiary/aromatic N) is 1. The number of sulfone groups is 1. The lowest BCUT2D eigenvalue weighted by Gasteiger charge is -2.13. The van der Waals surface area contributed by atoms with Crippen molar-refractivity contribution >= 4 is 9.84 Å². The Labute approximate surface area is 135 Å². The molecule has 1 atom stereocenters. The third-order valence-corrected chi connectivity index (χ3v) is 5.03. The average Bonchev–Trinajstić information content (AvgIpc) is 2.53. The molecule has 6 heteroatoms. The van der Waals surface area contributed by atoms with Crippen molar-refractivity contribution in [3.8, 4) is 11.8 Å². The van der Waals surface area contributed by atoms with Crippen LogP contribution in [0.4, 0.5) is 0 Å². The quantitative estimate of drug-likeness (QED) is 0.875. The smallest absolute Gasteiger partial charge is 0.181 e. The number of aliphatic hydroxyl groups excluding tert-OH is 1. The summed E-state index contributed by atoms with van der Waals surface area (Å²) < 4.78 is 29.7. The maximum Gasteiger partial charge on any atom is 0.181 e. The van der Waals surface area contributed by atoms with Gasteiger partial charge in [0.1, 0.15) is 18.5 Å². The summed E-state index contributed by atoms with van der Waals surface area (Å²) in [5, 5.41) is 18.6. The summed E-state index contributed by atoms with van der Waals surface area (Å²) in [6, 6.07) is 14.8. The van der Waals surface area contributed by atoms with Crippen molar-refractivity contribution < 1.29 is 18.3 Å². The van der Waals surface area contributed by atoms with Crippen LogP contribution in [0, 0.1) is 18.3 Å². The molecule has 0 amide bonds. The number of aliphatic hydroxyl groups is 1. The summed E-state index contributed by atoms with van der Waals surface area (Å²) in [5.74, 6) is 0.0579. The van der Waals surface area contributed by atoms with Crippen LogP contribution >= 0.6 is 0 Å². The Morgan fingerprint density at radius 3 is 2.30 bits per heavy atom. The predicted molar refractivity (Wildman–Crippen MR) is 85.9 cm³/mol. The topological polar surface area (TPSA) is 87.4 Å². The van der Waals surface area contributed by atoms with E-state index in [2.05, 4.69) is 0 Å². The van der Waals surface area contributed by atoms with Crippen molar-refractivity contribution in [2.24, 2.45) is 0 Å².